The molecule has 1 saturated heterocycles. The molecule has 2 heterocycles. The van der Waals surface area contributed by atoms with E-state index in [4.69, 9.17) is 21.1 Å². The van der Waals surface area contributed by atoms with E-state index in [0.717, 1.165) is 36.6 Å². The van der Waals surface area contributed by atoms with Crippen molar-refractivity contribution in [1.29, 1.82) is 0 Å². The fourth-order valence-electron chi connectivity index (χ4n) is 3.95. The van der Waals surface area contributed by atoms with Gasteiger partial charge < -0.3 is 9.47 Å². The molecule has 33 heavy (non-hydrogen) atoms. The van der Waals surface area contributed by atoms with E-state index in [9.17, 15) is 4.39 Å². The van der Waals surface area contributed by atoms with Gasteiger partial charge in [-0.1, -0.05) is 29.7 Å². The van der Waals surface area contributed by atoms with Crippen LogP contribution in [0.4, 0.5) is 4.39 Å². The summed E-state index contributed by atoms with van der Waals surface area (Å²) in [6.45, 7) is 3.37. The molecule has 2 aromatic carbocycles. The second kappa shape index (κ2) is 11.3. The summed E-state index contributed by atoms with van der Waals surface area (Å²) in [6, 6.07) is 16.6. The number of hydrogen-bond acceptors (Lipinski definition) is 4. The van der Waals surface area contributed by atoms with Gasteiger partial charge in [0.1, 0.15) is 18.1 Å². The van der Waals surface area contributed by atoms with Gasteiger partial charge >= 0.3 is 0 Å². The lowest BCUT2D eigenvalue weighted by atomic mass is 10.1. The van der Waals surface area contributed by atoms with Crippen LogP contribution in [-0.4, -0.2) is 49.3 Å². The zero-order valence-electron chi connectivity index (χ0n) is 18.6. The molecule has 0 saturated carbocycles. The highest BCUT2D eigenvalue weighted by molar-refractivity contribution is 6.30. The number of nitrogens with zero attached hydrogens (tertiary/aromatic N) is 2. The maximum Gasteiger partial charge on any atom is 0.158 e. The second-order valence-electron chi connectivity index (χ2n) is 7.97. The number of rotatable bonds is 7. The molecular formula is C27H26ClFN2O2. The minimum atomic E-state index is -0.455. The van der Waals surface area contributed by atoms with Crippen LogP contribution < -0.4 is 4.74 Å². The number of ether oxygens (including phenoxy) is 2. The summed E-state index contributed by atoms with van der Waals surface area (Å²) in [5.41, 5.74) is 2.41. The summed E-state index contributed by atoms with van der Waals surface area (Å²) in [4.78, 5) is 6.61. The van der Waals surface area contributed by atoms with Crippen molar-refractivity contribution < 1.29 is 13.9 Å². The van der Waals surface area contributed by atoms with Crippen molar-refractivity contribution in [1.82, 2.24) is 9.88 Å². The van der Waals surface area contributed by atoms with Gasteiger partial charge in [-0.15, -0.1) is 0 Å². The molecule has 1 unspecified atom stereocenters. The van der Waals surface area contributed by atoms with Crippen LogP contribution in [0.15, 0.2) is 60.8 Å². The van der Waals surface area contributed by atoms with Crippen LogP contribution in [0.25, 0.3) is 11.1 Å². The maximum absolute atomic E-state index is 14.5. The zero-order valence-corrected chi connectivity index (χ0v) is 19.3. The van der Waals surface area contributed by atoms with Crippen LogP contribution >= 0.6 is 11.6 Å². The first kappa shape index (κ1) is 23.3. The molecule has 0 N–H and O–H groups in total. The highest BCUT2D eigenvalue weighted by Gasteiger charge is 2.23. The quantitative estimate of drug-likeness (QED) is 0.437. The molecule has 170 valence electrons. The van der Waals surface area contributed by atoms with Crippen LogP contribution in [0.1, 0.15) is 24.1 Å². The van der Waals surface area contributed by atoms with E-state index in [1.54, 1.807) is 25.4 Å². The molecule has 1 aliphatic rings. The predicted molar refractivity (Wildman–Crippen MR) is 129 cm³/mol. The molecule has 0 aliphatic carbocycles. The first-order valence-electron chi connectivity index (χ1n) is 11.0. The van der Waals surface area contributed by atoms with Crippen LogP contribution in [0.5, 0.6) is 5.75 Å². The largest absolute Gasteiger partial charge is 0.492 e. The Kier molecular flexibility index (Phi) is 7.96. The van der Waals surface area contributed by atoms with Gasteiger partial charge in [-0.05, 0) is 73.3 Å². The summed E-state index contributed by atoms with van der Waals surface area (Å²) in [5.74, 6) is 6.12. The monoisotopic (exact) mass is 464 g/mol. The number of likely N-dealkylation sites (tertiary alicyclic amines) is 1. The molecule has 0 spiro atoms. The highest BCUT2D eigenvalue weighted by Crippen LogP contribution is 2.22. The Balaban J connectivity index is 1.33. The van der Waals surface area contributed by atoms with Crippen molar-refractivity contribution in [3.8, 4) is 28.7 Å². The average Bonchev–Trinajstić information content (AvgIpc) is 3.27. The maximum atomic E-state index is 14.5. The van der Waals surface area contributed by atoms with Crippen molar-refractivity contribution in [2.24, 2.45) is 0 Å². The zero-order chi connectivity index (χ0) is 23.0. The first-order chi connectivity index (χ1) is 16.1. The molecule has 4 rings (SSSR count). The van der Waals surface area contributed by atoms with E-state index >= 15 is 0 Å². The molecule has 0 bridgehead atoms. The standard InChI is InChI=1S/C27H26ClFN2O2/c1-32-19-24-3-2-14-31(24)15-16-33-25-11-4-20(5-12-25)6-13-27-26(29)17-22(18-30-27)21-7-9-23(28)10-8-21/h4-5,7-12,17-18,24H,2-3,14-16,19H2,1H3. The van der Waals surface area contributed by atoms with Crippen LogP contribution in [-0.2, 0) is 4.74 Å². The molecule has 1 aliphatic heterocycles. The van der Waals surface area contributed by atoms with Gasteiger partial charge in [0.25, 0.3) is 0 Å². The highest BCUT2D eigenvalue weighted by atomic mass is 35.5. The van der Waals surface area contributed by atoms with Crippen molar-refractivity contribution in [2.45, 2.75) is 18.9 Å². The molecule has 0 radical (unpaired) electrons. The lowest BCUT2D eigenvalue weighted by Gasteiger charge is -2.23. The van der Waals surface area contributed by atoms with Crippen molar-refractivity contribution in [3.05, 3.63) is 82.9 Å². The van der Waals surface area contributed by atoms with E-state index in [0.29, 0.717) is 23.2 Å². The van der Waals surface area contributed by atoms with E-state index in [1.807, 2.05) is 36.4 Å². The molecule has 3 aromatic rings. The Hall–Kier alpha value is -2.91. The van der Waals surface area contributed by atoms with Crippen LogP contribution in [0, 0.1) is 17.7 Å². The van der Waals surface area contributed by atoms with E-state index in [-0.39, 0.29) is 5.69 Å². The van der Waals surface area contributed by atoms with E-state index < -0.39 is 5.82 Å². The van der Waals surface area contributed by atoms with Gasteiger partial charge in [-0.2, -0.15) is 0 Å². The Bertz CT molecular complexity index is 1120. The fraction of sp³-hybridized carbons (Fsp3) is 0.296. The van der Waals surface area contributed by atoms with Crippen molar-refractivity contribution in [2.75, 3.05) is 33.4 Å². The average molecular weight is 465 g/mol. The number of aromatic nitrogens is 1. The molecule has 1 aromatic heterocycles. The molecular weight excluding hydrogens is 439 g/mol. The summed E-state index contributed by atoms with van der Waals surface area (Å²) >= 11 is 5.91. The molecule has 1 atom stereocenters. The number of halogens is 2. The lowest BCUT2D eigenvalue weighted by molar-refractivity contribution is 0.105. The summed E-state index contributed by atoms with van der Waals surface area (Å²) in [7, 11) is 1.75. The van der Waals surface area contributed by atoms with Crippen molar-refractivity contribution >= 4 is 11.6 Å². The number of hydrogen-bond donors (Lipinski definition) is 0. The van der Waals surface area contributed by atoms with Gasteiger partial charge in [0.05, 0.1) is 6.61 Å². The van der Waals surface area contributed by atoms with E-state index in [1.165, 1.54) is 18.9 Å². The lowest BCUT2D eigenvalue weighted by Crippen LogP contribution is -2.35. The fourth-order valence-corrected chi connectivity index (χ4v) is 4.07. The van der Waals surface area contributed by atoms with Gasteiger partial charge in [0, 0.05) is 42.0 Å². The summed E-state index contributed by atoms with van der Waals surface area (Å²) in [6.07, 6.45) is 4.01. The second-order valence-corrected chi connectivity index (χ2v) is 8.41. The predicted octanol–water partition coefficient (Wildman–Crippen LogP) is 5.43. The molecule has 0 amide bonds. The minimum absolute atomic E-state index is 0.115. The first-order valence-corrected chi connectivity index (χ1v) is 11.4. The third-order valence-electron chi connectivity index (χ3n) is 5.70. The number of benzene rings is 2. The Labute approximate surface area is 199 Å². The number of methoxy groups -OCH3 is 1. The SMILES string of the molecule is COCC1CCCN1CCOc1ccc(C#Cc2ncc(-c3ccc(Cl)cc3)cc2F)cc1. The van der Waals surface area contributed by atoms with Gasteiger partial charge in [0.2, 0.25) is 0 Å². The third kappa shape index (κ3) is 6.33. The van der Waals surface area contributed by atoms with Crippen LogP contribution in [0.3, 0.4) is 0 Å². The smallest absolute Gasteiger partial charge is 0.158 e. The number of pyridine rings is 1. The topological polar surface area (TPSA) is 34.6 Å². The third-order valence-corrected chi connectivity index (χ3v) is 5.96. The molecule has 1 fully saturated rings. The molecule has 4 nitrogen and oxygen atoms in total. The Morgan fingerprint density at radius 2 is 1.88 bits per heavy atom. The van der Waals surface area contributed by atoms with Gasteiger partial charge in [0.15, 0.2) is 5.82 Å². The normalized spacial score (nSPS) is 15.8. The van der Waals surface area contributed by atoms with Gasteiger partial charge in [-0.3, -0.25) is 4.90 Å². The van der Waals surface area contributed by atoms with E-state index in [2.05, 4.69) is 21.7 Å². The summed E-state index contributed by atoms with van der Waals surface area (Å²) in [5, 5.41) is 0.633. The van der Waals surface area contributed by atoms with Crippen molar-refractivity contribution in [3.63, 3.8) is 0 Å². The summed E-state index contributed by atoms with van der Waals surface area (Å²) < 4.78 is 25.7. The minimum Gasteiger partial charge on any atom is -0.492 e. The van der Waals surface area contributed by atoms with Gasteiger partial charge in [-0.25, -0.2) is 9.37 Å². The van der Waals surface area contributed by atoms with Crippen LogP contribution in [0.2, 0.25) is 5.02 Å². The Morgan fingerprint density at radius 3 is 2.61 bits per heavy atom. The molecule has 6 heteroatoms. The Morgan fingerprint density at radius 1 is 1.09 bits per heavy atom.